The second-order valence-corrected chi connectivity index (χ2v) is 5.88. The van der Waals surface area contributed by atoms with Crippen molar-refractivity contribution in [2.45, 2.75) is 25.8 Å². The van der Waals surface area contributed by atoms with Gasteiger partial charge in [0, 0.05) is 24.8 Å². The molecule has 6 nitrogen and oxygen atoms in total. The van der Waals surface area contributed by atoms with Crippen molar-refractivity contribution in [1.82, 2.24) is 14.8 Å². The molecule has 1 aromatic carbocycles. The van der Waals surface area contributed by atoms with Crippen LogP contribution in [0.4, 0.5) is 22.0 Å². The summed E-state index contributed by atoms with van der Waals surface area (Å²) in [5, 5.41) is 6.73. The SMILES string of the molecule is CC(F)(F)c1nnc(-c2ccn(Cc3cccc(OC(F)(F)F)c3)c(=O)c2)o1. The van der Waals surface area contributed by atoms with Crippen molar-refractivity contribution >= 4 is 0 Å². The van der Waals surface area contributed by atoms with Gasteiger partial charge in [0.1, 0.15) is 5.75 Å². The Hall–Kier alpha value is -3.24. The molecular weight excluding hydrogens is 389 g/mol. The smallest absolute Gasteiger partial charge is 0.415 e. The molecule has 0 unspecified atom stereocenters. The lowest BCUT2D eigenvalue weighted by molar-refractivity contribution is -0.274. The number of alkyl halides is 5. The molecule has 2 aromatic heterocycles. The number of aromatic nitrogens is 3. The van der Waals surface area contributed by atoms with Gasteiger partial charge >= 0.3 is 12.3 Å². The Kier molecular flexibility index (Phi) is 4.92. The van der Waals surface area contributed by atoms with E-state index in [4.69, 9.17) is 4.42 Å². The second-order valence-electron chi connectivity index (χ2n) is 5.88. The minimum Gasteiger partial charge on any atom is -0.415 e. The van der Waals surface area contributed by atoms with E-state index in [0.29, 0.717) is 12.5 Å². The Morgan fingerprint density at radius 3 is 2.46 bits per heavy atom. The second kappa shape index (κ2) is 7.06. The third kappa shape index (κ3) is 4.72. The van der Waals surface area contributed by atoms with Crippen molar-refractivity contribution in [3.8, 4) is 17.2 Å². The number of halogens is 5. The van der Waals surface area contributed by atoms with Crippen LogP contribution < -0.4 is 10.3 Å². The Morgan fingerprint density at radius 1 is 1.11 bits per heavy atom. The van der Waals surface area contributed by atoms with Crippen LogP contribution in [0.25, 0.3) is 11.5 Å². The fraction of sp³-hybridized carbons (Fsp3) is 0.235. The molecule has 0 fully saturated rings. The average Bonchev–Trinajstić information content (AvgIpc) is 3.06. The lowest BCUT2D eigenvalue weighted by Gasteiger charge is -2.11. The highest BCUT2D eigenvalue weighted by molar-refractivity contribution is 5.51. The number of hydrogen-bond acceptors (Lipinski definition) is 5. The van der Waals surface area contributed by atoms with E-state index in [2.05, 4.69) is 14.9 Å². The zero-order chi connectivity index (χ0) is 20.5. The van der Waals surface area contributed by atoms with Crippen LogP contribution in [0.3, 0.4) is 0 Å². The summed E-state index contributed by atoms with van der Waals surface area (Å²) in [6, 6.07) is 7.67. The zero-order valence-electron chi connectivity index (χ0n) is 14.2. The number of nitrogens with zero attached hydrogens (tertiary/aromatic N) is 3. The van der Waals surface area contributed by atoms with Gasteiger partial charge in [-0.3, -0.25) is 4.79 Å². The van der Waals surface area contributed by atoms with Crippen molar-refractivity contribution in [3.05, 3.63) is 64.4 Å². The molecule has 0 aliphatic carbocycles. The summed E-state index contributed by atoms with van der Waals surface area (Å²) < 4.78 is 73.1. The molecule has 0 atom stereocenters. The highest BCUT2D eigenvalue weighted by atomic mass is 19.4. The van der Waals surface area contributed by atoms with Gasteiger partial charge in [0.2, 0.25) is 5.89 Å². The van der Waals surface area contributed by atoms with Crippen LogP contribution in [0, 0.1) is 0 Å². The maximum Gasteiger partial charge on any atom is 0.573 e. The molecule has 11 heteroatoms. The summed E-state index contributed by atoms with van der Waals surface area (Å²) in [5.41, 5.74) is -0.0108. The lowest BCUT2D eigenvalue weighted by atomic mass is 10.2. The van der Waals surface area contributed by atoms with Crippen molar-refractivity contribution in [1.29, 1.82) is 0 Å². The molecule has 0 saturated carbocycles. The third-order valence-electron chi connectivity index (χ3n) is 3.53. The van der Waals surface area contributed by atoms with Crippen LogP contribution >= 0.6 is 0 Å². The maximum absolute atomic E-state index is 13.2. The van der Waals surface area contributed by atoms with E-state index in [9.17, 15) is 26.7 Å². The van der Waals surface area contributed by atoms with Gasteiger partial charge < -0.3 is 13.7 Å². The molecule has 0 aliphatic heterocycles. The van der Waals surface area contributed by atoms with Gasteiger partial charge in [-0.15, -0.1) is 23.4 Å². The minimum absolute atomic E-state index is 0.0315. The molecule has 0 radical (unpaired) electrons. The number of benzene rings is 1. The molecule has 0 N–H and O–H groups in total. The van der Waals surface area contributed by atoms with Crippen LogP contribution in [-0.2, 0) is 12.5 Å². The number of hydrogen-bond donors (Lipinski definition) is 0. The van der Waals surface area contributed by atoms with Gasteiger partial charge in [0.05, 0.1) is 6.54 Å². The standard InChI is InChI=1S/C17H12F5N3O3/c1-16(18,19)15-24-23-14(27-15)11-5-6-25(13(26)8-11)9-10-3-2-4-12(7-10)28-17(20,21)22/h2-8H,9H2,1H3. The largest absolute Gasteiger partial charge is 0.573 e. The number of rotatable bonds is 5. The fourth-order valence-electron chi connectivity index (χ4n) is 2.33. The Morgan fingerprint density at radius 2 is 1.86 bits per heavy atom. The molecule has 0 spiro atoms. The Labute approximate surface area is 154 Å². The Balaban J connectivity index is 1.81. The molecule has 28 heavy (non-hydrogen) atoms. The fourth-order valence-corrected chi connectivity index (χ4v) is 2.33. The van der Waals surface area contributed by atoms with Crippen molar-refractivity contribution < 1.29 is 31.1 Å². The van der Waals surface area contributed by atoms with Gasteiger partial charge in [-0.1, -0.05) is 12.1 Å². The molecule has 0 amide bonds. The topological polar surface area (TPSA) is 70.2 Å². The van der Waals surface area contributed by atoms with Crippen molar-refractivity contribution in [2.75, 3.05) is 0 Å². The molecule has 0 saturated heterocycles. The van der Waals surface area contributed by atoms with Gasteiger partial charge in [-0.25, -0.2) is 0 Å². The van der Waals surface area contributed by atoms with Gasteiger partial charge in [0.25, 0.3) is 11.4 Å². The number of ether oxygens (including phenoxy) is 1. The van der Waals surface area contributed by atoms with E-state index < -0.39 is 29.5 Å². The summed E-state index contributed by atoms with van der Waals surface area (Å²) in [7, 11) is 0. The quantitative estimate of drug-likeness (QED) is 0.606. The van der Waals surface area contributed by atoms with Crippen LogP contribution in [0.5, 0.6) is 5.75 Å². The minimum atomic E-state index is -4.82. The predicted molar refractivity (Wildman–Crippen MR) is 85.8 cm³/mol. The third-order valence-corrected chi connectivity index (χ3v) is 3.53. The first-order valence-corrected chi connectivity index (χ1v) is 7.79. The first-order chi connectivity index (χ1) is 13.0. The van der Waals surface area contributed by atoms with E-state index in [1.54, 1.807) is 0 Å². The van der Waals surface area contributed by atoms with E-state index in [-0.39, 0.29) is 18.0 Å². The first kappa shape index (κ1) is 19.5. The lowest BCUT2D eigenvalue weighted by Crippen LogP contribution is -2.20. The monoisotopic (exact) mass is 401 g/mol. The van der Waals surface area contributed by atoms with E-state index >= 15 is 0 Å². The van der Waals surface area contributed by atoms with Crippen molar-refractivity contribution in [3.63, 3.8) is 0 Å². The predicted octanol–water partition coefficient (Wildman–Crippen LogP) is 3.96. The van der Waals surface area contributed by atoms with Gasteiger partial charge in [0.15, 0.2) is 0 Å². The van der Waals surface area contributed by atoms with Crippen LogP contribution in [0.1, 0.15) is 18.4 Å². The molecule has 0 aliphatic rings. The van der Waals surface area contributed by atoms with Crippen molar-refractivity contribution in [2.24, 2.45) is 0 Å². The summed E-state index contributed by atoms with van der Waals surface area (Å²) in [6.45, 7) is 0.565. The van der Waals surface area contributed by atoms with Crippen LogP contribution in [0.15, 0.2) is 51.8 Å². The normalized spacial score (nSPS) is 12.2. The molecule has 2 heterocycles. The summed E-state index contributed by atoms with van der Waals surface area (Å²) in [6.07, 6.45) is -3.49. The molecular formula is C17H12F5N3O3. The summed E-state index contributed by atoms with van der Waals surface area (Å²) >= 11 is 0. The molecule has 3 rings (SSSR count). The summed E-state index contributed by atoms with van der Waals surface area (Å²) in [4.78, 5) is 12.2. The zero-order valence-corrected chi connectivity index (χ0v) is 14.2. The number of pyridine rings is 1. The average molecular weight is 401 g/mol. The summed E-state index contributed by atoms with van der Waals surface area (Å²) in [5.74, 6) is -4.85. The maximum atomic E-state index is 13.2. The Bertz CT molecular complexity index is 1040. The highest BCUT2D eigenvalue weighted by Crippen LogP contribution is 2.28. The van der Waals surface area contributed by atoms with E-state index in [1.807, 2.05) is 0 Å². The molecule has 3 aromatic rings. The van der Waals surface area contributed by atoms with Crippen LogP contribution in [0.2, 0.25) is 0 Å². The molecule has 0 bridgehead atoms. The first-order valence-electron chi connectivity index (χ1n) is 7.79. The van der Waals surface area contributed by atoms with E-state index in [0.717, 1.165) is 18.2 Å². The van der Waals surface area contributed by atoms with Crippen LogP contribution in [-0.4, -0.2) is 21.1 Å². The molecule has 148 valence electrons. The van der Waals surface area contributed by atoms with Gasteiger partial charge in [-0.2, -0.15) is 8.78 Å². The van der Waals surface area contributed by atoms with Gasteiger partial charge in [-0.05, 0) is 23.8 Å². The highest BCUT2D eigenvalue weighted by Gasteiger charge is 2.32. The van der Waals surface area contributed by atoms with E-state index in [1.165, 1.54) is 29.0 Å².